The first kappa shape index (κ1) is 22.3. The molecule has 2 N–H and O–H groups in total. The molecule has 0 aromatic carbocycles. The zero-order chi connectivity index (χ0) is 21.3. The molecule has 2 aliphatic rings. The third kappa shape index (κ3) is 4.36. The lowest BCUT2D eigenvalue weighted by atomic mass is 9.85. The smallest absolute Gasteiger partial charge is 0.265 e. The van der Waals surface area contributed by atoms with Crippen LogP contribution in [0, 0.1) is 5.41 Å². The van der Waals surface area contributed by atoms with Crippen LogP contribution in [0.4, 0.5) is 0 Å². The number of amides is 1. The number of unbranched alkanes of at least 4 members (excludes halogenated alkanes) is 1. The molecule has 2 heterocycles. The second kappa shape index (κ2) is 7.80. The number of aliphatic hydroxyl groups is 1. The monoisotopic (exact) mass is 387 g/mol. The minimum Gasteiger partial charge on any atom is -0.368 e. The maximum absolute atomic E-state index is 12.6. The average Bonchev–Trinajstić information content (AvgIpc) is 3.31. The molecule has 0 spiro atoms. The number of morpholine rings is 1. The predicted molar refractivity (Wildman–Crippen MR) is 110 cm³/mol. The second-order valence-electron chi connectivity index (χ2n) is 8.91. The van der Waals surface area contributed by atoms with E-state index in [-0.39, 0.29) is 11.2 Å². The van der Waals surface area contributed by atoms with E-state index in [2.05, 4.69) is 64.2 Å². The summed E-state index contributed by atoms with van der Waals surface area (Å²) in [5, 5.41) is 12.5. The molecular formula is C23H33NO4. The quantitative estimate of drug-likeness (QED) is 0.229. The Labute approximate surface area is 168 Å². The summed E-state index contributed by atoms with van der Waals surface area (Å²) in [6.07, 6.45) is 11.0. The number of carbonyl (C=O) groups excluding carboxylic acids is 2. The van der Waals surface area contributed by atoms with E-state index in [4.69, 9.17) is 4.74 Å². The van der Waals surface area contributed by atoms with E-state index in [1.54, 1.807) is 6.92 Å². The third-order valence-corrected chi connectivity index (χ3v) is 5.25. The van der Waals surface area contributed by atoms with Gasteiger partial charge in [0.2, 0.25) is 11.4 Å². The fraction of sp³-hybridized carbons (Fsp3) is 0.565. The Morgan fingerprint density at radius 1 is 1.29 bits per heavy atom. The maximum Gasteiger partial charge on any atom is 0.265 e. The largest absolute Gasteiger partial charge is 0.368 e. The molecule has 0 radical (unpaired) electrons. The lowest BCUT2D eigenvalue weighted by Gasteiger charge is -2.20. The van der Waals surface area contributed by atoms with Gasteiger partial charge in [0, 0.05) is 0 Å². The number of epoxide rings is 1. The standard InChI is InChI=1S/C23H33NO4/c1-8-17(21(4,5)6)14-15(2)12-10-9-11-13-16(3)18(25)23-19(28-23)22(7,27)24-20(23)26/h8,10,12-14,19,27H,9,11H2,1-7H3,(H,24,26)/t19-,22?,23-/m0/s1. The third-order valence-electron chi connectivity index (χ3n) is 5.25. The van der Waals surface area contributed by atoms with Crippen molar-refractivity contribution in [1.29, 1.82) is 0 Å². The summed E-state index contributed by atoms with van der Waals surface area (Å²) in [5.74, 6) is -0.921. The predicted octanol–water partition coefficient (Wildman–Crippen LogP) is 3.75. The normalized spacial score (nSPS) is 31.2. The van der Waals surface area contributed by atoms with E-state index in [9.17, 15) is 14.7 Å². The number of hydrogen-bond donors (Lipinski definition) is 2. The molecule has 1 amide bonds. The molecule has 28 heavy (non-hydrogen) atoms. The van der Waals surface area contributed by atoms with E-state index >= 15 is 0 Å². The summed E-state index contributed by atoms with van der Waals surface area (Å²) < 4.78 is 5.31. The summed E-state index contributed by atoms with van der Waals surface area (Å²) in [7, 11) is 0. The number of nitrogens with one attached hydrogen (secondary N) is 1. The Kier molecular flexibility index (Phi) is 6.22. The molecule has 2 rings (SSSR count). The highest BCUT2D eigenvalue weighted by Crippen LogP contribution is 2.49. The minimum absolute atomic E-state index is 0.114. The number of Topliss-reactive ketones (excluding diaryl/α,β-unsaturated/α-hetero) is 1. The molecule has 154 valence electrons. The van der Waals surface area contributed by atoms with Crippen LogP contribution in [-0.2, 0) is 14.3 Å². The van der Waals surface area contributed by atoms with E-state index in [0.717, 1.165) is 6.42 Å². The molecule has 2 aliphatic heterocycles. The summed E-state index contributed by atoms with van der Waals surface area (Å²) in [4.78, 5) is 24.7. The highest BCUT2D eigenvalue weighted by Gasteiger charge is 2.79. The van der Waals surface area contributed by atoms with Gasteiger partial charge < -0.3 is 15.2 Å². The Morgan fingerprint density at radius 2 is 1.93 bits per heavy atom. The van der Waals surface area contributed by atoms with Crippen molar-refractivity contribution in [3.8, 4) is 0 Å². The molecule has 0 bridgehead atoms. The molecule has 5 heteroatoms. The van der Waals surface area contributed by atoms with Crippen LogP contribution in [0.2, 0.25) is 0 Å². The number of carbonyl (C=O) groups is 2. The molecule has 0 aromatic rings. The van der Waals surface area contributed by atoms with Crippen molar-refractivity contribution in [3.63, 3.8) is 0 Å². The van der Waals surface area contributed by atoms with Crippen LogP contribution in [0.5, 0.6) is 0 Å². The van der Waals surface area contributed by atoms with Gasteiger partial charge in [-0.1, -0.05) is 56.7 Å². The van der Waals surface area contributed by atoms with Crippen LogP contribution in [-0.4, -0.2) is 34.2 Å². The number of ether oxygens (including phenoxy) is 1. The second-order valence-corrected chi connectivity index (χ2v) is 8.91. The molecule has 3 atom stereocenters. The van der Waals surface area contributed by atoms with Crippen LogP contribution in [0.15, 0.2) is 47.1 Å². The molecular weight excluding hydrogens is 354 g/mol. The Bertz CT molecular complexity index is 777. The van der Waals surface area contributed by atoms with Gasteiger partial charge in [0.15, 0.2) is 11.8 Å². The number of ketones is 1. The zero-order valence-corrected chi connectivity index (χ0v) is 18.1. The van der Waals surface area contributed by atoms with Crippen molar-refractivity contribution in [2.75, 3.05) is 0 Å². The SMILES string of the molecule is CC=C(C=C(C)C=CCCC=C(C)C(=O)[C@]12O[C@H]1C(C)(O)NC2=O)C(C)(C)C. The first-order valence-electron chi connectivity index (χ1n) is 9.82. The number of hydrogen-bond acceptors (Lipinski definition) is 4. The minimum atomic E-state index is -1.53. The van der Waals surface area contributed by atoms with Gasteiger partial charge in [0.05, 0.1) is 0 Å². The average molecular weight is 388 g/mol. The van der Waals surface area contributed by atoms with Crippen LogP contribution < -0.4 is 5.32 Å². The van der Waals surface area contributed by atoms with Gasteiger partial charge in [-0.2, -0.15) is 0 Å². The Hall–Kier alpha value is -1.98. The van der Waals surface area contributed by atoms with Crippen LogP contribution in [0.1, 0.15) is 61.3 Å². The molecule has 0 aromatic heterocycles. The van der Waals surface area contributed by atoms with Crippen LogP contribution >= 0.6 is 0 Å². The lowest BCUT2D eigenvalue weighted by Crippen LogP contribution is -2.45. The number of allylic oxidation sites excluding steroid dienone is 7. The van der Waals surface area contributed by atoms with Crippen LogP contribution in [0.3, 0.4) is 0 Å². The van der Waals surface area contributed by atoms with Crippen molar-refractivity contribution in [1.82, 2.24) is 5.32 Å². The van der Waals surface area contributed by atoms with Crippen molar-refractivity contribution in [2.45, 2.75) is 78.7 Å². The van der Waals surface area contributed by atoms with Gasteiger partial charge in [-0.05, 0) is 57.1 Å². The summed E-state index contributed by atoms with van der Waals surface area (Å²) in [6.45, 7) is 13.8. The highest BCUT2D eigenvalue weighted by molar-refractivity contribution is 6.21. The molecule has 2 saturated heterocycles. The van der Waals surface area contributed by atoms with Gasteiger partial charge in [-0.15, -0.1) is 0 Å². The van der Waals surface area contributed by atoms with Gasteiger partial charge in [-0.3, -0.25) is 9.59 Å². The van der Waals surface area contributed by atoms with E-state index in [0.29, 0.717) is 12.0 Å². The molecule has 0 saturated carbocycles. The van der Waals surface area contributed by atoms with E-state index in [1.165, 1.54) is 18.1 Å². The van der Waals surface area contributed by atoms with Crippen LogP contribution in [0.25, 0.3) is 0 Å². The van der Waals surface area contributed by atoms with Gasteiger partial charge in [-0.25, -0.2) is 0 Å². The first-order valence-corrected chi connectivity index (χ1v) is 9.82. The summed E-state index contributed by atoms with van der Waals surface area (Å²) in [5.41, 5.74) is 0.0504. The Morgan fingerprint density at radius 3 is 2.39 bits per heavy atom. The van der Waals surface area contributed by atoms with E-state index in [1.807, 2.05) is 6.08 Å². The highest BCUT2D eigenvalue weighted by atomic mass is 16.6. The maximum atomic E-state index is 12.6. The van der Waals surface area contributed by atoms with Crippen molar-refractivity contribution in [3.05, 3.63) is 47.1 Å². The van der Waals surface area contributed by atoms with E-state index < -0.39 is 23.3 Å². The van der Waals surface area contributed by atoms with Gasteiger partial charge >= 0.3 is 0 Å². The van der Waals surface area contributed by atoms with Crippen molar-refractivity contribution in [2.24, 2.45) is 5.41 Å². The van der Waals surface area contributed by atoms with Crippen molar-refractivity contribution < 1.29 is 19.4 Å². The molecule has 0 aliphatic carbocycles. The number of fused-ring (bicyclic) bond motifs is 1. The molecule has 1 unspecified atom stereocenters. The fourth-order valence-electron chi connectivity index (χ4n) is 3.58. The van der Waals surface area contributed by atoms with Gasteiger partial charge in [0.25, 0.3) is 5.91 Å². The lowest BCUT2D eigenvalue weighted by molar-refractivity contribution is -0.137. The Balaban J connectivity index is 1.91. The summed E-state index contributed by atoms with van der Waals surface area (Å²) >= 11 is 0. The first-order chi connectivity index (χ1) is 12.9. The molecule has 2 fully saturated rings. The van der Waals surface area contributed by atoms with Crippen molar-refractivity contribution >= 4 is 11.7 Å². The zero-order valence-electron chi connectivity index (χ0n) is 18.1. The topological polar surface area (TPSA) is 78.9 Å². The summed E-state index contributed by atoms with van der Waals surface area (Å²) in [6, 6.07) is 0. The molecule has 5 nitrogen and oxygen atoms in total. The number of rotatable bonds is 7. The fourth-order valence-corrected chi connectivity index (χ4v) is 3.58. The van der Waals surface area contributed by atoms with Gasteiger partial charge in [0.1, 0.15) is 0 Å².